The molecule has 1 aliphatic rings. The van der Waals surface area contributed by atoms with Crippen LogP contribution in [0.1, 0.15) is 27.2 Å². The average molecular weight is 149 g/mol. The largest absolute Gasteiger partial charge is 0.285 e. The standard InChI is InChI=1S/C10H15N/c1-8(2)6-10-7-9(3)4-5-11-10/h4-6,10H,7H2,1-3H3. The first-order valence-electron chi connectivity index (χ1n) is 4.02. The Morgan fingerprint density at radius 1 is 1.64 bits per heavy atom. The van der Waals surface area contributed by atoms with E-state index in [-0.39, 0.29) is 0 Å². The highest BCUT2D eigenvalue weighted by Crippen LogP contribution is 2.13. The summed E-state index contributed by atoms with van der Waals surface area (Å²) in [5.74, 6) is 0. The third-order valence-corrected chi connectivity index (χ3v) is 1.69. The fourth-order valence-electron chi connectivity index (χ4n) is 1.22. The Balaban J connectivity index is 2.60. The van der Waals surface area contributed by atoms with Crippen LogP contribution in [0.2, 0.25) is 0 Å². The summed E-state index contributed by atoms with van der Waals surface area (Å²) in [5.41, 5.74) is 2.77. The zero-order chi connectivity index (χ0) is 8.27. The number of nitrogens with zero attached hydrogens (tertiary/aromatic N) is 1. The smallest absolute Gasteiger partial charge is 0.0719 e. The first kappa shape index (κ1) is 8.25. The fraction of sp³-hybridized carbons (Fsp3) is 0.500. The number of allylic oxidation sites excluding steroid dienone is 2. The van der Waals surface area contributed by atoms with Gasteiger partial charge in [0.1, 0.15) is 0 Å². The molecule has 1 nitrogen and oxygen atoms in total. The molecule has 11 heavy (non-hydrogen) atoms. The molecule has 1 unspecified atom stereocenters. The van der Waals surface area contributed by atoms with E-state index in [0.717, 1.165) is 6.42 Å². The van der Waals surface area contributed by atoms with E-state index >= 15 is 0 Å². The highest BCUT2D eigenvalue weighted by Gasteiger charge is 2.05. The van der Waals surface area contributed by atoms with Crippen LogP contribution in [0.25, 0.3) is 0 Å². The molecule has 1 rings (SSSR count). The van der Waals surface area contributed by atoms with E-state index in [4.69, 9.17) is 0 Å². The number of dihydropyridines is 1. The Kier molecular flexibility index (Phi) is 2.64. The van der Waals surface area contributed by atoms with Crippen LogP contribution in [-0.4, -0.2) is 12.3 Å². The maximum absolute atomic E-state index is 4.34. The Hall–Kier alpha value is -0.850. The second kappa shape index (κ2) is 3.51. The van der Waals surface area contributed by atoms with Crippen molar-refractivity contribution in [1.82, 2.24) is 0 Å². The summed E-state index contributed by atoms with van der Waals surface area (Å²) in [6.45, 7) is 6.38. The second-order valence-corrected chi connectivity index (χ2v) is 3.33. The van der Waals surface area contributed by atoms with E-state index < -0.39 is 0 Å². The Bertz CT molecular complexity index is 217. The molecule has 0 aromatic carbocycles. The van der Waals surface area contributed by atoms with Crippen LogP contribution in [0.4, 0.5) is 0 Å². The molecule has 60 valence electrons. The molecule has 0 saturated heterocycles. The number of hydrogen-bond acceptors (Lipinski definition) is 1. The van der Waals surface area contributed by atoms with Crippen LogP contribution >= 0.6 is 0 Å². The second-order valence-electron chi connectivity index (χ2n) is 3.33. The molecule has 0 amide bonds. The molecule has 0 bridgehead atoms. The van der Waals surface area contributed by atoms with Gasteiger partial charge in [-0.3, -0.25) is 4.99 Å². The van der Waals surface area contributed by atoms with Crippen molar-refractivity contribution in [3.63, 3.8) is 0 Å². The molecule has 0 aromatic rings. The topological polar surface area (TPSA) is 12.4 Å². The molecule has 0 spiro atoms. The maximum atomic E-state index is 4.34. The van der Waals surface area contributed by atoms with Crippen molar-refractivity contribution in [2.75, 3.05) is 0 Å². The van der Waals surface area contributed by atoms with E-state index in [9.17, 15) is 0 Å². The molecule has 1 heterocycles. The summed E-state index contributed by atoms with van der Waals surface area (Å²) < 4.78 is 0. The van der Waals surface area contributed by atoms with Crippen molar-refractivity contribution in [1.29, 1.82) is 0 Å². The third-order valence-electron chi connectivity index (χ3n) is 1.69. The van der Waals surface area contributed by atoms with E-state index in [0.29, 0.717) is 6.04 Å². The number of aliphatic imine (C=N–C) groups is 1. The van der Waals surface area contributed by atoms with Crippen LogP contribution in [0.3, 0.4) is 0 Å². The van der Waals surface area contributed by atoms with Crippen LogP contribution < -0.4 is 0 Å². The zero-order valence-electron chi connectivity index (χ0n) is 7.46. The Morgan fingerprint density at radius 3 is 2.91 bits per heavy atom. The third kappa shape index (κ3) is 2.71. The zero-order valence-corrected chi connectivity index (χ0v) is 7.46. The van der Waals surface area contributed by atoms with Crippen molar-refractivity contribution in [3.05, 3.63) is 23.3 Å². The van der Waals surface area contributed by atoms with E-state index in [1.165, 1.54) is 11.1 Å². The monoisotopic (exact) mass is 149 g/mol. The van der Waals surface area contributed by atoms with Gasteiger partial charge in [0.05, 0.1) is 6.04 Å². The van der Waals surface area contributed by atoms with Crippen molar-refractivity contribution in [2.24, 2.45) is 4.99 Å². The van der Waals surface area contributed by atoms with Crippen LogP contribution in [0.5, 0.6) is 0 Å². The highest BCUT2D eigenvalue weighted by molar-refractivity contribution is 5.73. The molecule has 0 aliphatic carbocycles. The molecule has 0 radical (unpaired) electrons. The van der Waals surface area contributed by atoms with Crippen LogP contribution in [-0.2, 0) is 0 Å². The van der Waals surface area contributed by atoms with Crippen molar-refractivity contribution < 1.29 is 0 Å². The molecule has 0 fully saturated rings. The highest BCUT2D eigenvalue weighted by atomic mass is 14.8. The van der Waals surface area contributed by atoms with Crippen molar-refractivity contribution in [2.45, 2.75) is 33.2 Å². The Labute approximate surface area is 68.5 Å². The summed E-state index contributed by atoms with van der Waals surface area (Å²) in [5, 5.41) is 0. The lowest BCUT2D eigenvalue weighted by atomic mass is 10.0. The fourth-order valence-corrected chi connectivity index (χ4v) is 1.22. The minimum absolute atomic E-state index is 0.394. The maximum Gasteiger partial charge on any atom is 0.0719 e. The summed E-state index contributed by atoms with van der Waals surface area (Å²) in [4.78, 5) is 4.34. The van der Waals surface area contributed by atoms with Gasteiger partial charge in [0.25, 0.3) is 0 Å². The van der Waals surface area contributed by atoms with Gasteiger partial charge in [-0.1, -0.05) is 17.2 Å². The van der Waals surface area contributed by atoms with Gasteiger partial charge < -0.3 is 0 Å². The summed E-state index contributed by atoms with van der Waals surface area (Å²) in [7, 11) is 0. The van der Waals surface area contributed by atoms with E-state index in [2.05, 4.69) is 37.9 Å². The summed E-state index contributed by atoms with van der Waals surface area (Å²) in [6, 6.07) is 0.394. The first-order valence-corrected chi connectivity index (χ1v) is 4.02. The van der Waals surface area contributed by atoms with Gasteiger partial charge in [-0.15, -0.1) is 0 Å². The van der Waals surface area contributed by atoms with Crippen LogP contribution in [0, 0.1) is 0 Å². The van der Waals surface area contributed by atoms with Gasteiger partial charge in [-0.25, -0.2) is 0 Å². The van der Waals surface area contributed by atoms with Gasteiger partial charge in [-0.05, 0) is 33.3 Å². The van der Waals surface area contributed by atoms with Crippen molar-refractivity contribution >= 4 is 6.21 Å². The van der Waals surface area contributed by atoms with Gasteiger partial charge in [-0.2, -0.15) is 0 Å². The normalized spacial score (nSPS) is 22.8. The van der Waals surface area contributed by atoms with Gasteiger partial charge in [0.15, 0.2) is 0 Å². The molecular formula is C10H15N. The molecular weight excluding hydrogens is 134 g/mol. The Morgan fingerprint density at radius 2 is 2.36 bits per heavy atom. The van der Waals surface area contributed by atoms with Gasteiger partial charge in [0.2, 0.25) is 0 Å². The SMILES string of the molecule is CC(C)=CC1CC(C)=CC=N1. The predicted molar refractivity (Wildman–Crippen MR) is 50.1 cm³/mol. The number of rotatable bonds is 1. The molecule has 1 heteroatoms. The lowest BCUT2D eigenvalue weighted by molar-refractivity contribution is 0.790. The lowest BCUT2D eigenvalue weighted by Crippen LogP contribution is -2.05. The molecule has 0 N–H and O–H groups in total. The molecule has 0 saturated carbocycles. The minimum Gasteiger partial charge on any atom is -0.285 e. The van der Waals surface area contributed by atoms with Crippen LogP contribution in [0.15, 0.2) is 28.3 Å². The summed E-state index contributed by atoms with van der Waals surface area (Å²) >= 11 is 0. The summed E-state index contributed by atoms with van der Waals surface area (Å²) in [6.07, 6.45) is 7.28. The number of hydrogen-bond donors (Lipinski definition) is 0. The minimum atomic E-state index is 0.394. The lowest BCUT2D eigenvalue weighted by Gasteiger charge is -2.11. The first-order chi connectivity index (χ1) is 5.18. The van der Waals surface area contributed by atoms with Gasteiger partial charge in [0, 0.05) is 6.21 Å². The molecule has 1 aliphatic heterocycles. The molecule has 1 atom stereocenters. The van der Waals surface area contributed by atoms with Crippen molar-refractivity contribution in [3.8, 4) is 0 Å². The van der Waals surface area contributed by atoms with E-state index in [1.807, 2.05) is 6.21 Å². The van der Waals surface area contributed by atoms with Gasteiger partial charge >= 0.3 is 0 Å². The quantitative estimate of drug-likeness (QED) is 0.508. The van der Waals surface area contributed by atoms with E-state index in [1.54, 1.807) is 0 Å². The predicted octanol–water partition coefficient (Wildman–Crippen LogP) is 2.74. The molecule has 0 aromatic heterocycles. The average Bonchev–Trinajstić information content (AvgIpc) is 1.85.